The van der Waals surface area contributed by atoms with Crippen LogP contribution in [0, 0.1) is 0 Å². The lowest BCUT2D eigenvalue weighted by molar-refractivity contribution is -0.142. The predicted octanol–water partition coefficient (Wildman–Crippen LogP) is 2.72. The first-order valence-electron chi connectivity index (χ1n) is 7.16. The summed E-state index contributed by atoms with van der Waals surface area (Å²) in [5, 5.41) is 18.5. The van der Waals surface area contributed by atoms with Gasteiger partial charge in [0, 0.05) is 17.9 Å². The van der Waals surface area contributed by atoms with Crippen LogP contribution in [0.3, 0.4) is 0 Å². The standard InChI is InChI=1S/C15H19N3O3S/c1-3-18-14(11-5-7-12(19)8-6-11)16-17-15(18)22-10-9-13(20)21-4-2/h5-8,19H,3-4,9-10H2,1-2H3. The van der Waals surface area contributed by atoms with Gasteiger partial charge >= 0.3 is 5.97 Å². The monoisotopic (exact) mass is 321 g/mol. The van der Waals surface area contributed by atoms with Gasteiger partial charge in [0.2, 0.25) is 0 Å². The number of hydrogen-bond donors (Lipinski definition) is 1. The van der Waals surface area contributed by atoms with Crippen molar-refractivity contribution in [2.24, 2.45) is 0 Å². The van der Waals surface area contributed by atoms with Gasteiger partial charge in [0.05, 0.1) is 13.0 Å². The van der Waals surface area contributed by atoms with Crippen molar-refractivity contribution in [1.82, 2.24) is 14.8 Å². The maximum absolute atomic E-state index is 11.3. The fourth-order valence-electron chi connectivity index (χ4n) is 1.96. The number of rotatable bonds is 7. The first-order chi connectivity index (χ1) is 10.7. The van der Waals surface area contributed by atoms with Crippen LogP contribution in [0.4, 0.5) is 0 Å². The first-order valence-corrected chi connectivity index (χ1v) is 8.15. The Hall–Kier alpha value is -2.02. The van der Waals surface area contributed by atoms with Gasteiger partial charge < -0.3 is 14.4 Å². The average Bonchev–Trinajstić information content (AvgIpc) is 2.91. The molecule has 0 saturated heterocycles. The van der Waals surface area contributed by atoms with E-state index >= 15 is 0 Å². The molecule has 22 heavy (non-hydrogen) atoms. The largest absolute Gasteiger partial charge is 0.508 e. The summed E-state index contributed by atoms with van der Waals surface area (Å²) in [6, 6.07) is 6.85. The second kappa shape index (κ2) is 7.84. The lowest BCUT2D eigenvalue weighted by atomic mass is 10.2. The van der Waals surface area contributed by atoms with Crippen LogP contribution in [-0.4, -0.2) is 38.2 Å². The zero-order valence-electron chi connectivity index (χ0n) is 12.7. The Bertz CT molecular complexity index is 625. The molecule has 6 nitrogen and oxygen atoms in total. The minimum Gasteiger partial charge on any atom is -0.508 e. The van der Waals surface area contributed by atoms with Gasteiger partial charge in [-0.3, -0.25) is 4.79 Å². The average molecular weight is 321 g/mol. The Morgan fingerprint density at radius 3 is 2.64 bits per heavy atom. The molecule has 1 N–H and O–H groups in total. The highest BCUT2D eigenvalue weighted by Crippen LogP contribution is 2.25. The van der Waals surface area contributed by atoms with Crippen molar-refractivity contribution in [2.75, 3.05) is 12.4 Å². The van der Waals surface area contributed by atoms with Gasteiger partial charge in [0.15, 0.2) is 11.0 Å². The van der Waals surface area contributed by atoms with E-state index in [0.717, 1.165) is 23.1 Å². The number of nitrogens with zero attached hydrogens (tertiary/aromatic N) is 3. The molecule has 2 rings (SSSR count). The number of carbonyl (C=O) groups is 1. The smallest absolute Gasteiger partial charge is 0.306 e. The molecule has 0 amide bonds. The highest BCUT2D eigenvalue weighted by atomic mass is 32.2. The summed E-state index contributed by atoms with van der Waals surface area (Å²) in [5.74, 6) is 1.37. The minimum atomic E-state index is -0.198. The molecule has 7 heteroatoms. The highest BCUT2D eigenvalue weighted by Gasteiger charge is 2.13. The highest BCUT2D eigenvalue weighted by molar-refractivity contribution is 7.99. The van der Waals surface area contributed by atoms with E-state index in [2.05, 4.69) is 10.2 Å². The number of aromatic nitrogens is 3. The first kappa shape index (κ1) is 16.4. The number of carbonyl (C=O) groups excluding carboxylic acids is 1. The van der Waals surface area contributed by atoms with Crippen LogP contribution >= 0.6 is 11.8 Å². The number of thioether (sulfide) groups is 1. The van der Waals surface area contributed by atoms with Crippen molar-refractivity contribution in [3.05, 3.63) is 24.3 Å². The maximum Gasteiger partial charge on any atom is 0.306 e. The molecule has 118 valence electrons. The third kappa shape index (κ3) is 4.00. The van der Waals surface area contributed by atoms with E-state index in [-0.39, 0.29) is 11.7 Å². The number of phenolic OH excluding ortho intramolecular Hbond substituents is 1. The summed E-state index contributed by atoms with van der Waals surface area (Å²) >= 11 is 1.48. The van der Waals surface area contributed by atoms with Crippen molar-refractivity contribution < 1.29 is 14.6 Å². The van der Waals surface area contributed by atoms with Gasteiger partial charge in [-0.05, 0) is 38.1 Å². The minimum absolute atomic E-state index is 0.198. The fourth-order valence-corrected chi connectivity index (χ4v) is 2.88. The van der Waals surface area contributed by atoms with Crippen LogP contribution in [-0.2, 0) is 16.1 Å². The zero-order chi connectivity index (χ0) is 15.9. The van der Waals surface area contributed by atoms with Gasteiger partial charge in [-0.15, -0.1) is 10.2 Å². The van der Waals surface area contributed by atoms with E-state index in [1.165, 1.54) is 11.8 Å². The molecule has 2 aromatic rings. The molecule has 0 aliphatic rings. The lowest BCUT2D eigenvalue weighted by Gasteiger charge is -2.07. The summed E-state index contributed by atoms with van der Waals surface area (Å²) in [5.41, 5.74) is 0.893. The third-order valence-corrected chi connectivity index (χ3v) is 3.97. The molecule has 0 bridgehead atoms. The second-order valence-electron chi connectivity index (χ2n) is 4.50. The Kier molecular flexibility index (Phi) is 5.83. The van der Waals surface area contributed by atoms with Crippen molar-refractivity contribution in [3.63, 3.8) is 0 Å². The normalized spacial score (nSPS) is 10.6. The molecule has 0 fully saturated rings. The number of hydrogen-bond acceptors (Lipinski definition) is 6. The van der Waals surface area contributed by atoms with Gasteiger partial charge in [0.25, 0.3) is 0 Å². The van der Waals surface area contributed by atoms with Crippen LogP contribution in [0.1, 0.15) is 20.3 Å². The predicted molar refractivity (Wildman–Crippen MR) is 84.8 cm³/mol. The van der Waals surface area contributed by atoms with Crippen LogP contribution in [0.2, 0.25) is 0 Å². The van der Waals surface area contributed by atoms with Crippen LogP contribution in [0.5, 0.6) is 5.75 Å². The van der Waals surface area contributed by atoms with Gasteiger partial charge in [-0.25, -0.2) is 0 Å². The Morgan fingerprint density at radius 2 is 2.00 bits per heavy atom. The van der Waals surface area contributed by atoms with Crippen molar-refractivity contribution in [1.29, 1.82) is 0 Å². The Labute approximate surface area is 133 Å². The summed E-state index contributed by atoms with van der Waals surface area (Å²) in [6.45, 7) is 4.94. The molecular formula is C15H19N3O3S. The Balaban J connectivity index is 2.07. The fraction of sp³-hybridized carbons (Fsp3) is 0.400. The number of phenols is 1. The topological polar surface area (TPSA) is 77.2 Å². The summed E-state index contributed by atoms with van der Waals surface area (Å²) in [6.07, 6.45) is 0.351. The summed E-state index contributed by atoms with van der Waals surface area (Å²) < 4.78 is 6.89. The Morgan fingerprint density at radius 1 is 1.27 bits per heavy atom. The van der Waals surface area contributed by atoms with Crippen LogP contribution in [0.15, 0.2) is 29.4 Å². The van der Waals surface area contributed by atoms with Gasteiger partial charge in [0.1, 0.15) is 5.75 Å². The number of benzene rings is 1. The van der Waals surface area contributed by atoms with Crippen molar-refractivity contribution in [2.45, 2.75) is 32.0 Å². The van der Waals surface area contributed by atoms with E-state index in [9.17, 15) is 9.90 Å². The molecule has 1 aromatic carbocycles. The summed E-state index contributed by atoms with van der Waals surface area (Å²) in [7, 11) is 0. The quantitative estimate of drug-likeness (QED) is 0.624. The number of esters is 1. The SMILES string of the molecule is CCOC(=O)CCSc1nnc(-c2ccc(O)cc2)n1CC. The number of ether oxygens (including phenoxy) is 1. The van der Waals surface area contributed by atoms with E-state index in [1.54, 1.807) is 31.2 Å². The van der Waals surface area contributed by atoms with Gasteiger partial charge in [-0.2, -0.15) is 0 Å². The zero-order valence-corrected chi connectivity index (χ0v) is 13.5. The molecule has 0 unspecified atom stereocenters. The van der Waals surface area contributed by atoms with E-state index in [1.807, 2.05) is 11.5 Å². The van der Waals surface area contributed by atoms with E-state index in [4.69, 9.17) is 4.74 Å². The molecule has 0 saturated carbocycles. The molecule has 0 radical (unpaired) electrons. The summed E-state index contributed by atoms with van der Waals surface area (Å²) in [4.78, 5) is 11.3. The van der Waals surface area contributed by atoms with E-state index in [0.29, 0.717) is 18.8 Å². The van der Waals surface area contributed by atoms with Crippen LogP contribution in [0.25, 0.3) is 11.4 Å². The van der Waals surface area contributed by atoms with E-state index < -0.39 is 0 Å². The molecule has 0 spiro atoms. The maximum atomic E-state index is 11.3. The molecule has 0 aliphatic carbocycles. The van der Waals surface area contributed by atoms with Gasteiger partial charge in [-0.1, -0.05) is 11.8 Å². The lowest BCUT2D eigenvalue weighted by Crippen LogP contribution is -2.05. The van der Waals surface area contributed by atoms with Crippen molar-refractivity contribution in [3.8, 4) is 17.1 Å². The molecule has 1 heterocycles. The number of aromatic hydroxyl groups is 1. The molecular weight excluding hydrogens is 302 g/mol. The molecule has 0 aliphatic heterocycles. The van der Waals surface area contributed by atoms with Crippen molar-refractivity contribution >= 4 is 17.7 Å². The molecule has 1 aromatic heterocycles. The van der Waals surface area contributed by atoms with Crippen LogP contribution < -0.4 is 0 Å². The third-order valence-electron chi connectivity index (χ3n) is 3.00. The molecule has 0 atom stereocenters. The second-order valence-corrected chi connectivity index (χ2v) is 5.56.